The minimum Gasteiger partial charge on any atom is -0.478 e. The average molecular weight is 753 g/mol. The van der Waals surface area contributed by atoms with E-state index in [-0.39, 0.29) is 16.7 Å². The van der Waals surface area contributed by atoms with Crippen LogP contribution >= 0.6 is 11.3 Å². The highest BCUT2D eigenvalue weighted by Crippen LogP contribution is 2.39. The Balaban J connectivity index is 1.43. The van der Waals surface area contributed by atoms with Crippen molar-refractivity contribution in [2.24, 2.45) is 0 Å². The molecule has 11 heteroatoms. The van der Waals surface area contributed by atoms with Crippen LogP contribution < -0.4 is 0 Å². The molecule has 56 heavy (non-hydrogen) atoms. The lowest BCUT2D eigenvalue weighted by atomic mass is 10.0. The second-order valence-corrected chi connectivity index (χ2v) is 14.1. The molecule has 2 aliphatic rings. The summed E-state index contributed by atoms with van der Waals surface area (Å²) in [7, 11) is 0. The third-order valence-electron chi connectivity index (χ3n) is 9.78. The van der Waals surface area contributed by atoms with E-state index in [1.165, 1.54) is 0 Å². The lowest BCUT2D eigenvalue weighted by Gasteiger charge is -2.07. The number of carboxylic acid groups (broad SMARTS) is 3. The Morgan fingerprint density at radius 3 is 1.05 bits per heavy atom. The number of hydrogen-bond acceptors (Lipinski definition) is 6. The van der Waals surface area contributed by atoms with E-state index in [4.69, 9.17) is 9.97 Å². The van der Waals surface area contributed by atoms with Gasteiger partial charge >= 0.3 is 17.9 Å². The molecule has 0 radical (unpaired) electrons. The zero-order chi connectivity index (χ0) is 38.5. The predicted octanol–water partition coefficient (Wildman–Crippen LogP) is 10.5. The number of aromatic carboxylic acids is 3. The molecule has 0 saturated carbocycles. The van der Waals surface area contributed by atoms with Crippen LogP contribution in [0.15, 0.2) is 115 Å². The van der Waals surface area contributed by atoms with Gasteiger partial charge in [-0.1, -0.05) is 42.5 Å². The zero-order valence-electron chi connectivity index (χ0n) is 29.1. The van der Waals surface area contributed by atoms with Gasteiger partial charge in [0.15, 0.2) is 0 Å². The number of aromatic amines is 2. The summed E-state index contributed by atoms with van der Waals surface area (Å²) in [5.74, 6) is -3.09. The number of carboxylic acids is 3. The highest BCUT2D eigenvalue weighted by molar-refractivity contribution is 7.13. The van der Waals surface area contributed by atoms with Crippen molar-refractivity contribution >= 4 is 75.6 Å². The largest absolute Gasteiger partial charge is 0.478 e. The summed E-state index contributed by atoms with van der Waals surface area (Å²) in [6, 6.07) is 31.9. The Morgan fingerprint density at radius 1 is 0.429 bits per heavy atom. The monoisotopic (exact) mass is 752 g/mol. The van der Waals surface area contributed by atoms with Gasteiger partial charge in [-0.3, -0.25) is 0 Å². The van der Waals surface area contributed by atoms with E-state index in [1.807, 2.05) is 66.1 Å². The summed E-state index contributed by atoms with van der Waals surface area (Å²) >= 11 is 1.59. The predicted molar refractivity (Wildman–Crippen MR) is 219 cm³/mol. The molecule has 3 aromatic carbocycles. The number of benzene rings is 3. The fourth-order valence-electron chi connectivity index (χ4n) is 7.14. The maximum Gasteiger partial charge on any atom is 0.335 e. The maximum absolute atomic E-state index is 11.8. The minimum atomic E-state index is -1.04. The first-order chi connectivity index (χ1) is 27.2. The molecule has 5 N–H and O–H groups in total. The van der Waals surface area contributed by atoms with Gasteiger partial charge in [0.05, 0.1) is 39.5 Å². The summed E-state index contributed by atoms with van der Waals surface area (Å²) in [4.78, 5) is 54.0. The summed E-state index contributed by atoms with van der Waals surface area (Å²) in [5, 5.41) is 31.0. The minimum absolute atomic E-state index is 0.145. The Kier molecular flexibility index (Phi) is 8.33. The molecular formula is C45H28N4O6S. The molecule has 0 aliphatic carbocycles. The normalized spacial score (nSPS) is 11.9. The number of H-pyrrole nitrogens is 2. The van der Waals surface area contributed by atoms with E-state index in [9.17, 15) is 29.7 Å². The van der Waals surface area contributed by atoms with E-state index < -0.39 is 17.9 Å². The van der Waals surface area contributed by atoms with Crippen LogP contribution in [0.5, 0.6) is 0 Å². The van der Waals surface area contributed by atoms with E-state index in [2.05, 4.69) is 9.97 Å². The summed E-state index contributed by atoms with van der Waals surface area (Å²) < 4.78 is 0. The van der Waals surface area contributed by atoms with Gasteiger partial charge in [-0.05, 0) is 113 Å². The first kappa shape index (κ1) is 34.2. The van der Waals surface area contributed by atoms with E-state index in [1.54, 1.807) is 84.1 Å². The molecule has 0 atom stereocenters. The van der Waals surface area contributed by atoms with Crippen LogP contribution in [0.1, 0.15) is 53.8 Å². The number of hydrogen-bond donors (Lipinski definition) is 5. The van der Waals surface area contributed by atoms with Gasteiger partial charge in [-0.25, -0.2) is 24.4 Å². The Labute approximate surface area is 322 Å². The van der Waals surface area contributed by atoms with Crippen LogP contribution in [0.3, 0.4) is 0 Å². The molecule has 0 fully saturated rings. The van der Waals surface area contributed by atoms with E-state index >= 15 is 0 Å². The topological polar surface area (TPSA) is 169 Å². The molecule has 10 nitrogen and oxygen atoms in total. The number of nitrogens with zero attached hydrogens (tertiary/aromatic N) is 2. The van der Waals surface area contributed by atoms with Crippen LogP contribution in [0.25, 0.3) is 90.2 Å². The molecule has 0 unspecified atom stereocenters. The molecular weight excluding hydrogens is 725 g/mol. The summed E-state index contributed by atoms with van der Waals surface area (Å²) in [5.41, 5.74) is 11.4. The first-order valence-electron chi connectivity index (χ1n) is 17.4. The summed E-state index contributed by atoms with van der Waals surface area (Å²) in [6.07, 6.45) is 7.75. The lowest BCUT2D eigenvalue weighted by Crippen LogP contribution is -1.96. The highest BCUT2D eigenvalue weighted by atomic mass is 32.1. The fraction of sp³-hybridized carbons (Fsp3) is 0. The van der Waals surface area contributed by atoms with Crippen molar-refractivity contribution in [1.82, 2.24) is 19.9 Å². The van der Waals surface area contributed by atoms with Gasteiger partial charge in [0.2, 0.25) is 0 Å². The quantitative estimate of drug-likeness (QED) is 0.107. The molecule has 6 heterocycles. The van der Waals surface area contributed by atoms with Crippen molar-refractivity contribution in [1.29, 1.82) is 0 Å². The van der Waals surface area contributed by atoms with Gasteiger partial charge in [-0.2, -0.15) is 0 Å². The molecule has 0 saturated heterocycles. The van der Waals surface area contributed by atoms with Crippen LogP contribution in [0.4, 0.5) is 0 Å². The number of carbonyl (C=O) groups is 3. The van der Waals surface area contributed by atoms with Crippen LogP contribution in [0, 0.1) is 0 Å². The van der Waals surface area contributed by atoms with Crippen LogP contribution in [-0.2, 0) is 0 Å². The average Bonchev–Trinajstić information content (AvgIpc) is 4.06. The second-order valence-electron chi connectivity index (χ2n) is 13.1. The van der Waals surface area contributed by atoms with E-state index in [0.29, 0.717) is 28.2 Å². The Morgan fingerprint density at radius 2 is 0.750 bits per heavy atom. The SMILES string of the molecule is O=C(O)c1ccc(-c2c3nc(c(-c4ccc(C(=O)O)cc4)c4ccc([nH]4)c(-c4cccs4)c4nc(c(-c5ccc(C(=O)O)cc5)c5ccc2[nH]5)C=C4)C=C3)cc1. The third-order valence-corrected chi connectivity index (χ3v) is 10.7. The van der Waals surface area contributed by atoms with Gasteiger partial charge in [0, 0.05) is 49.2 Å². The van der Waals surface area contributed by atoms with Crippen molar-refractivity contribution in [3.63, 3.8) is 0 Å². The van der Waals surface area contributed by atoms with Crippen LogP contribution in [0.2, 0.25) is 0 Å². The molecule has 8 bridgehead atoms. The van der Waals surface area contributed by atoms with Crippen molar-refractivity contribution in [2.45, 2.75) is 0 Å². The van der Waals surface area contributed by atoms with E-state index in [0.717, 1.165) is 60.5 Å². The van der Waals surface area contributed by atoms with Gasteiger partial charge in [-0.15, -0.1) is 11.3 Å². The Bertz CT molecular complexity index is 2920. The van der Waals surface area contributed by atoms with Crippen LogP contribution in [-0.4, -0.2) is 53.2 Å². The first-order valence-corrected chi connectivity index (χ1v) is 18.3. The van der Waals surface area contributed by atoms with Gasteiger partial charge in [0.1, 0.15) is 0 Å². The smallest absolute Gasteiger partial charge is 0.335 e. The van der Waals surface area contributed by atoms with Crippen molar-refractivity contribution in [3.05, 3.63) is 154 Å². The molecule has 2 aliphatic heterocycles. The molecule has 0 spiro atoms. The van der Waals surface area contributed by atoms with Crippen molar-refractivity contribution < 1.29 is 29.7 Å². The van der Waals surface area contributed by atoms with Crippen molar-refractivity contribution in [3.8, 4) is 43.8 Å². The van der Waals surface area contributed by atoms with Gasteiger partial charge in [0.25, 0.3) is 0 Å². The maximum atomic E-state index is 11.8. The Hall–Kier alpha value is -7.63. The number of aromatic nitrogens is 4. The highest BCUT2D eigenvalue weighted by Gasteiger charge is 2.20. The molecule has 4 aromatic heterocycles. The fourth-order valence-corrected chi connectivity index (χ4v) is 7.93. The van der Waals surface area contributed by atoms with Crippen molar-refractivity contribution in [2.75, 3.05) is 0 Å². The molecule has 9 rings (SSSR count). The standard InChI is InChI=1S/C45H28N4O6S/c50-43(51)27-9-3-24(4-10-27)39-30-15-17-32(46-30)40(25-5-11-28(12-6-25)44(52)53)34-19-21-36(48-34)42(38-2-1-23-56-38)37-22-20-35(49-37)41(33-18-16-31(39)47-33)26-7-13-29(14-8-26)45(54)55/h1-23,46,49H,(H,50,51)(H,52,53)(H,54,55). The number of rotatable bonds is 7. The second kappa shape index (κ2) is 13.7. The third kappa shape index (κ3) is 6.07. The number of nitrogens with one attached hydrogen (secondary N) is 2. The lowest BCUT2D eigenvalue weighted by molar-refractivity contribution is 0.0686. The zero-order valence-corrected chi connectivity index (χ0v) is 30.0. The van der Waals surface area contributed by atoms with Gasteiger partial charge < -0.3 is 25.3 Å². The number of fused-ring (bicyclic) bond motifs is 8. The summed E-state index contributed by atoms with van der Waals surface area (Å²) in [6.45, 7) is 0. The molecule has 7 aromatic rings. The number of thiophene rings is 1. The molecule has 270 valence electrons. The molecule has 0 amide bonds.